The van der Waals surface area contributed by atoms with E-state index in [-0.39, 0.29) is 12.2 Å². The van der Waals surface area contributed by atoms with Crippen molar-refractivity contribution < 1.29 is 9.45 Å². The molecule has 2 N–H and O–H groups in total. The topological polar surface area (TPSA) is 95.2 Å². The molecule has 0 radical (unpaired) electrons. The molecule has 0 spiro atoms. The number of nitrogens with two attached hydrogens (primary N) is 1. The fraction of sp³-hybridized carbons (Fsp3) is 0.100. The zero-order valence-corrected chi connectivity index (χ0v) is 8.29. The van der Waals surface area contributed by atoms with Crippen LogP contribution in [0.25, 0.3) is 11.3 Å². The maximum absolute atomic E-state index is 10.8. The molecule has 1 aromatic heterocycles. The van der Waals surface area contributed by atoms with Crippen LogP contribution in [0.1, 0.15) is 5.56 Å². The van der Waals surface area contributed by atoms with Gasteiger partial charge in [0.15, 0.2) is 5.76 Å². The summed E-state index contributed by atoms with van der Waals surface area (Å²) < 4.78 is 5.00. The first-order valence-electron chi connectivity index (χ1n) is 4.61. The first-order chi connectivity index (χ1) is 7.74. The molecule has 16 heavy (non-hydrogen) atoms. The fourth-order valence-corrected chi connectivity index (χ4v) is 1.45. The summed E-state index contributed by atoms with van der Waals surface area (Å²) in [5.41, 5.74) is 6.51. The summed E-state index contributed by atoms with van der Waals surface area (Å²) in [6.07, 6.45) is 1.46. The summed E-state index contributed by atoms with van der Waals surface area (Å²) in [7, 11) is 0. The van der Waals surface area contributed by atoms with Gasteiger partial charge in [-0.1, -0.05) is 17.3 Å². The molecule has 0 aliphatic heterocycles. The quantitative estimate of drug-likeness (QED) is 0.626. The molecule has 1 heterocycles. The number of nitrogens with zero attached hydrogens (tertiary/aromatic N) is 2. The molecule has 0 fully saturated rings. The summed E-state index contributed by atoms with van der Waals surface area (Å²) in [5.74, 6) is 0.356. The third-order valence-electron chi connectivity index (χ3n) is 2.21. The number of nitro groups is 1. The SMILES string of the molecule is NCc1cnoc1-c1ccccc1[N+](=O)[O-]. The predicted molar refractivity (Wildman–Crippen MR) is 56.5 cm³/mol. The van der Waals surface area contributed by atoms with Gasteiger partial charge in [-0.25, -0.2) is 0 Å². The lowest BCUT2D eigenvalue weighted by molar-refractivity contribution is -0.384. The number of hydrogen-bond acceptors (Lipinski definition) is 5. The summed E-state index contributed by atoms with van der Waals surface area (Å²) in [6.45, 7) is 0.227. The van der Waals surface area contributed by atoms with E-state index in [4.69, 9.17) is 10.3 Å². The molecule has 0 bridgehead atoms. The van der Waals surface area contributed by atoms with Crippen LogP contribution < -0.4 is 5.73 Å². The van der Waals surface area contributed by atoms with E-state index in [1.54, 1.807) is 18.2 Å². The van der Waals surface area contributed by atoms with Crippen molar-refractivity contribution in [3.8, 4) is 11.3 Å². The monoisotopic (exact) mass is 219 g/mol. The molecule has 0 saturated carbocycles. The predicted octanol–water partition coefficient (Wildman–Crippen LogP) is 1.71. The Morgan fingerprint density at radius 1 is 1.44 bits per heavy atom. The Bertz CT molecular complexity index is 522. The second-order valence-corrected chi connectivity index (χ2v) is 3.16. The molecule has 0 saturated heterocycles. The van der Waals surface area contributed by atoms with Crippen LogP contribution in [0.5, 0.6) is 0 Å². The van der Waals surface area contributed by atoms with Gasteiger partial charge in [-0.3, -0.25) is 10.1 Å². The van der Waals surface area contributed by atoms with Crippen LogP contribution >= 0.6 is 0 Å². The molecule has 6 nitrogen and oxygen atoms in total. The van der Waals surface area contributed by atoms with Crippen LogP contribution in [0.3, 0.4) is 0 Å². The van der Waals surface area contributed by atoms with Gasteiger partial charge in [-0.2, -0.15) is 0 Å². The Hall–Kier alpha value is -2.21. The van der Waals surface area contributed by atoms with Gasteiger partial charge < -0.3 is 10.3 Å². The van der Waals surface area contributed by atoms with Crippen LogP contribution in [0.15, 0.2) is 35.0 Å². The molecule has 2 aromatic rings. The highest BCUT2D eigenvalue weighted by atomic mass is 16.6. The van der Waals surface area contributed by atoms with Crippen LogP contribution in [-0.2, 0) is 6.54 Å². The first kappa shape index (κ1) is 10.3. The van der Waals surface area contributed by atoms with Gasteiger partial charge in [0.25, 0.3) is 5.69 Å². The number of nitro benzene ring substituents is 1. The Labute approximate surface area is 90.8 Å². The number of benzene rings is 1. The van der Waals surface area contributed by atoms with E-state index >= 15 is 0 Å². The van der Waals surface area contributed by atoms with Crippen LogP contribution in [0, 0.1) is 10.1 Å². The van der Waals surface area contributed by atoms with Crippen molar-refractivity contribution in [1.29, 1.82) is 0 Å². The van der Waals surface area contributed by atoms with E-state index in [1.807, 2.05) is 0 Å². The van der Waals surface area contributed by atoms with Gasteiger partial charge in [0.2, 0.25) is 0 Å². The number of para-hydroxylation sites is 1. The van der Waals surface area contributed by atoms with Crippen LogP contribution in [0.4, 0.5) is 5.69 Å². The summed E-state index contributed by atoms with van der Waals surface area (Å²) >= 11 is 0. The molecule has 0 aliphatic carbocycles. The summed E-state index contributed by atoms with van der Waals surface area (Å²) in [6, 6.07) is 6.32. The van der Waals surface area contributed by atoms with Crippen molar-refractivity contribution in [3.63, 3.8) is 0 Å². The second kappa shape index (κ2) is 4.11. The lowest BCUT2D eigenvalue weighted by atomic mass is 10.1. The number of aromatic nitrogens is 1. The minimum Gasteiger partial charge on any atom is -0.356 e. The summed E-state index contributed by atoms with van der Waals surface area (Å²) in [4.78, 5) is 10.4. The molecule has 0 aliphatic rings. The van der Waals surface area contributed by atoms with Gasteiger partial charge in [0, 0.05) is 18.2 Å². The van der Waals surface area contributed by atoms with Gasteiger partial charge in [-0.05, 0) is 6.07 Å². The van der Waals surface area contributed by atoms with Crippen molar-refractivity contribution in [3.05, 3.63) is 46.1 Å². The minimum atomic E-state index is -0.460. The van der Waals surface area contributed by atoms with E-state index < -0.39 is 4.92 Å². The van der Waals surface area contributed by atoms with E-state index in [2.05, 4.69) is 5.16 Å². The second-order valence-electron chi connectivity index (χ2n) is 3.16. The van der Waals surface area contributed by atoms with E-state index in [9.17, 15) is 10.1 Å². The van der Waals surface area contributed by atoms with E-state index in [0.717, 1.165) is 0 Å². The molecular weight excluding hydrogens is 210 g/mol. The standard InChI is InChI=1S/C10H9N3O3/c11-5-7-6-12-16-10(7)8-3-1-2-4-9(8)13(14)15/h1-4,6H,5,11H2. The smallest absolute Gasteiger partial charge is 0.280 e. The molecule has 0 atom stereocenters. The van der Waals surface area contributed by atoms with Crippen molar-refractivity contribution >= 4 is 5.69 Å². The van der Waals surface area contributed by atoms with Crippen molar-refractivity contribution in [1.82, 2.24) is 5.16 Å². The highest BCUT2D eigenvalue weighted by Crippen LogP contribution is 2.31. The van der Waals surface area contributed by atoms with E-state index in [0.29, 0.717) is 16.9 Å². The molecule has 1 aromatic carbocycles. The fourth-order valence-electron chi connectivity index (χ4n) is 1.45. The van der Waals surface area contributed by atoms with Gasteiger partial charge in [0.1, 0.15) is 0 Å². The first-order valence-corrected chi connectivity index (χ1v) is 4.61. The maximum Gasteiger partial charge on any atom is 0.280 e. The molecule has 0 amide bonds. The minimum absolute atomic E-state index is 0.0195. The van der Waals surface area contributed by atoms with Crippen LogP contribution in [0.2, 0.25) is 0 Å². The Morgan fingerprint density at radius 2 is 2.19 bits per heavy atom. The van der Waals surface area contributed by atoms with Gasteiger partial charge >= 0.3 is 0 Å². The maximum atomic E-state index is 10.8. The molecule has 2 rings (SSSR count). The van der Waals surface area contributed by atoms with Crippen molar-refractivity contribution in [2.24, 2.45) is 5.73 Å². The Balaban J connectivity index is 2.60. The van der Waals surface area contributed by atoms with Crippen molar-refractivity contribution in [2.45, 2.75) is 6.54 Å². The normalized spacial score (nSPS) is 10.3. The number of rotatable bonds is 3. The Morgan fingerprint density at radius 3 is 2.88 bits per heavy atom. The average Bonchev–Trinajstić information content (AvgIpc) is 2.76. The lowest BCUT2D eigenvalue weighted by Crippen LogP contribution is -1.97. The molecular formula is C10H9N3O3. The molecule has 82 valence electrons. The average molecular weight is 219 g/mol. The molecule has 6 heteroatoms. The third-order valence-corrected chi connectivity index (χ3v) is 2.21. The molecule has 0 unspecified atom stereocenters. The van der Waals surface area contributed by atoms with Gasteiger partial charge in [0.05, 0.1) is 16.7 Å². The summed E-state index contributed by atoms with van der Waals surface area (Å²) in [5, 5.41) is 14.4. The third kappa shape index (κ3) is 1.66. The largest absolute Gasteiger partial charge is 0.356 e. The number of hydrogen-bond donors (Lipinski definition) is 1. The van der Waals surface area contributed by atoms with Crippen LogP contribution in [-0.4, -0.2) is 10.1 Å². The highest BCUT2D eigenvalue weighted by molar-refractivity contribution is 5.71. The lowest BCUT2D eigenvalue weighted by Gasteiger charge is -2.00. The zero-order chi connectivity index (χ0) is 11.5. The van der Waals surface area contributed by atoms with Gasteiger partial charge in [-0.15, -0.1) is 0 Å². The zero-order valence-electron chi connectivity index (χ0n) is 8.29. The van der Waals surface area contributed by atoms with E-state index in [1.165, 1.54) is 12.3 Å². The highest BCUT2D eigenvalue weighted by Gasteiger charge is 2.19. The Kier molecular flexibility index (Phi) is 2.65. The van der Waals surface area contributed by atoms with Crippen molar-refractivity contribution in [2.75, 3.05) is 0 Å².